The Bertz CT molecular complexity index is 702. The Hall–Kier alpha value is -1.36. The maximum atomic E-state index is 14.6. The molecule has 0 N–H and O–H groups in total. The standard InChI is InChI=1S/C29H42F2/c1-3-5-6-7-23-12-14-24(15-13-23)16-17-26-20-28(30)27(29(31)21-26)19-18-25-10-8-22(4-2)9-11-25/h20-25H,3-17H2,1-2H3/t22-,23-,24-,25-. The largest absolute Gasteiger partial charge is 0.206 e. The zero-order valence-corrected chi connectivity index (χ0v) is 19.8. The molecule has 2 saturated carbocycles. The molecule has 0 amide bonds. The number of halogens is 2. The second-order valence-corrected chi connectivity index (χ2v) is 10.3. The van der Waals surface area contributed by atoms with Crippen molar-refractivity contribution in [3.8, 4) is 11.8 Å². The lowest BCUT2D eigenvalue weighted by molar-refractivity contribution is 0.249. The van der Waals surface area contributed by atoms with E-state index in [4.69, 9.17) is 0 Å². The average molecular weight is 429 g/mol. The molecule has 2 aliphatic rings. The molecule has 1 aromatic carbocycles. The van der Waals surface area contributed by atoms with Gasteiger partial charge in [-0.2, -0.15) is 0 Å². The quantitative estimate of drug-likeness (QED) is 0.286. The fourth-order valence-corrected chi connectivity index (χ4v) is 5.64. The Balaban J connectivity index is 1.47. The van der Waals surface area contributed by atoms with Crippen molar-refractivity contribution in [2.24, 2.45) is 23.7 Å². The summed E-state index contributed by atoms with van der Waals surface area (Å²) in [5.74, 6) is 7.76. The first-order valence-electron chi connectivity index (χ1n) is 13.1. The van der Waals surface area contributed by atoms with Crippen LogP contribution in [0.5, 0.6) is 0 Å². The second kappa shape index (κ2) is 12.6. The molecule has 0 radical (unpaired) electrons. The Labute approximate surface area is 189 Å². The van der Waals surface area contributed by atoms with Crippen molar-refractivity contribution in [2.75, 3.05) is 0 Å². The highest BCUT2D eigenvalue weighted by atomic mass is 19.1. The highest BCUT2D eigenvalue weighted by Crippen LogP contribution is 2.34. The molecule has 0 nitrogen and oxygen atoms in total. The van der Waals surface area contributed by atoms with Crippen molar-refractivity contribution >= 4 is 0 Å². The summed E-state index contributed by atoms with van der Waals surface area (Å²) >= 11 is 0. The Morgan fingerprint density at radius 2 is 1.35 bits per heavy atom. The fourth-order valence-electron chi connectivity index (χ4n) is 5.64. The first kappa shape index (κ1) is 24.3. The van der Waals surface area contributed by atoms with Crippen LogP contribution in [0, 0.1) is 47.1 Å². The third-order valence-corrected chi connectivity index (χ3v) is 7.95. The van der Waals surface area contributed by atoms with Crippen molar-refractivity contribution in [1.82, 2.24) is 0 Å². The van der Waals surface area contributed by atoms with Crippen molar-refractivity contribution in [3.63, 3.8) is 0 Å². The van der Waals surface area contributed by atoms with Gasteiger partial charge in [0.2, 0.25) is 0 Å². The van der Waals surface area contributed by atoms with E-state index in [0.717, 1.165) is 43.1 Å². The van der Waals surface area contributed by atoms with Crippen molar-refractivity contribution in [2.45, 2.75) is 110 Å². The van der Waals surface area contributed by atoms with Gasteiger partial charge in [-0.3, -0.25) is 0 Å². The zero-order chi connectivity index (χ0) is 22.1. The molecule has 1 aromatic rings. The molecular weight excluding hydrogens is 386 g/mol. The van der Waals surface area contributed by atoms with E-state index >= 15 is 0 Å². The first-order chi connectivity index (χ1) is 15.1. The SMILES string of the molecule is CCCCC[C@H]1CC[C@H](CCc2cc(F)c(C#C[C@H]3CC[C@H](CC)CC3)c(F)c2)CC1. The molecule has 0 unspecified atom stereocenters. The molecule has 0 bridgehead atoms. The van der Waals surface area contributed by atoms with E-state index in [1.807, 2.05) is 0 Å². The minimum atomic E-state index is -0.482. The van der Waals surface area contributed by atoms with E-state index in [2.05, 4.69) is 25.7 Å². The van der Waals surface area contributed by atoms with E-state index in [1.54, 1.807) is 0 Å². The summed E-state index contributed by atoms with van der Waals surface area (Å²) in [6.45, 7) is 4.50. The maximum absolute atomic E-state index is 14.6. The predicted molar refractivity (Wildman–Crippen MR) is 127 cm³/mol. The predicted octanol–water partition coefficient (Wildman–Crippen LogP) is 8.85. The van der Waals surface area contributed by atoms with Crippen LogP contribution in [-0.4, -0.2) is 0 Å². The smallest absolute Gasteiger partial charge is 0.142 e. The van der Waals surface area contributed by atoms with E-state index in [9.17, 15) is 8.78 Å². The third kappa shape index (κ3) is 7.62. The van der Waals surface area contributed by atoms with Crippen LogP contribution in [0.25, 0.3) is 0 Å². The number of hydrogen-bond acceptors (Lipinski definition) is 0. The Kier molecular flexibility index (Phi) is 9.89. The topological polar surface area (TPSA) is 0 Å². The van der Waals surface area contributed by atoms with Crippen LogP contribution in [0.15, 0.2) is 12.1 Å². The molecule has 0 aliphatic heterocycles. The number of rotatable bonds is 8. The molecule has 0 heterocycles. The van der Waals surface area contributed by atoms with Crippen molar-refractivity contribution in [3.05, 3.63) is 34.9 Å². The molecule has 2 heteroatoms. The van der Waals surface area contributed by atoms with Crippen LogP contribution in [-0.2, 0) is 6.42 Å². The maximum Gasteiger partial charge on any atom is 0.142 e. The van der Waals surface area contributed by atoms with Crippen LogP contribution < -0.4 is 0 Å². The Morgan fingerprint density at radius 3 is 1.94 bits per heavy atom. The second-order valence-electron chi connectivity index (χ2n) is 10.3. The molecule has 3 rings (SSSR count). The van der Waals surface area contributed by atoms with E-state index < -0.39 is 11.6 Å². The number of unbranched alkanes of at least 4 members (excludes halogenated alkanes) is 2. The molecule has 172 valence electrons. The number of aryl methyl sites for hydroxylation is 1. The van der Waals surface area contributed by atoms with Crippen molar-refractivity contribution in [1.29, 1.82) is 0 Å². The highest BCUT2D eigenvalue weighted by Gasteiger charge is 2.21. The van der Waals surface area contributed by atoms with Gasteiger partial charge in [0.15, 0.2) is 0 Å². The number of benzene rings is 1. The third-order valence-electron chi connectivity index (χ3n) is 7.95. The summed E-state index contributed by atoms with van der Waals surface area (Å²) in [7, 11) is 0. The molecule has 0 aromatic heterocycles. The lowest BCUT2D eigenvalue weighted by atomic mass is 9.78. The Morgan fingerprint density at radius 1 is 0.774 bits per heavy atom. The molecule has 2 fully saturated rings. The molecule has 2 aliphatic carbocycles. The minimum absolute atomic E-state index is 0.0334. The van der Waals surface area contributed by atoms with Crippen LogP contribution in [0.3, 0.4) is 0 Å². The van der Waals surface area contributed by atoms with Gasteiger partial charge in [-0.15, -0.1) is 0 Å². The van der Waals surface area contributed by atoms with E-state index in [0.29, 0.717) is 11.8 Å². The summed E-state index contributed by atoms with van der Waals surface area (Å²) < 4.78 is 29.2. The summed E-state index contributed by atoms with van der Waals surface area (Å²) in [5.41, 5.74) is 0.753. The lowest BCUT2D eigenvalue weighted by Crippen LogP contribution is -2.15. The highest BCUT2D eigenvalue weighted by molar-refractivity contribution is 5.39. The van der Waals surface area contributed by atoms with Crippen LogP contribution in [0.4, 0.5) is 8.78 Å². The summed E-state index contributed by atoms with van der Waals surface area (Å²) in [6.07, 6.45) is 18.2. The molecule has 0 spiro atoms. The van der Waals surface area contributed by atoms with Crippen LogP contribution in [0.1, 0.15) is 115 Å². The first-order valence-corrected chi connectivity index (χ1v) is 13.1. The molecular formula is C29H42F2. The fraction of sp³-hybridized carbons (Fsp3) is 0.724. The van der Waals surface area contributed by atoms with E-state index in [-0.39, 0.29) is 5.56 Å². The summed E-state index contributed by atoms with van der Waals surface area (Å²) in [6, 6.07) is 3.05. The van der Waals surface area contributed by atoms with Gasteiger partial charge >= 0.3 is 0 Å². The van der Waals surface area contributed by atoms with E-state index in [1.165, 1.54) is 82.8 Å². The molecule has 0 saturated heterocycles. The van der Waals surface area contributed by atoms with Gasteiger partial charge in [-0.25, -0.2) is 8.78 Å². The summed E-state index contributed by atoms with van der Waals surface area (Å²) in [5, 5.41) is 0. The van der Waals surface area contributed by atoms with Crippen LogP contribution in [0.2, 0.25) is 0 Å². The zero-order valence-electron chi connectivity index (χ0n) is 19.8. The van der Waals surface area contributed by atoms with Crippen molar-refractivity contribution < 1.29 is 8.78 Å². The van der Waals surface area contributed by atoms with Gasteiger partial charge in [0.25, 0.3) is 0 Å². The normalized spacial score (nSPS) is 26.3. The summed E-state index contributed by atoms with van der Waals surface area (Å²) in [4.78, 5) is 0. The van der Waals surface area contributed by atoms with Crippen LogP contribution >= 0.6 is 0 Å². The monoisotopic (exact) mass is 428 g/mol. The molecule has 0 atom stereocenters. The number of hydrogen-bond donors (Lipinski definition) is 0. The van der Waals surface area contributed by atoms with Gasteiger partial charge in [0.05, 0.1) is 5.56 Å². The van der Waals surface area contributed by atoms with Gasteiger partial charge in [0, 0.05) is 5.92 Å². The van der Waals surface area contributed by atoms with Gasteiger partial charge in [-0.1, -0.05) is 83.5 Å². The average Bonchev–Trinajstić information content (AvgIpc) is 2.78. The van der Waals surface area contributed by atoms with Gasteiger partial charge < -0.3 is 0 Å². The van der Waals surface area contributed by atoms with Gasteiger partial charge in [0.1, 0.15) is 11.6 Å². The lowest BCUT2D eigenvalue weighted by Gasteiger charge is -2.28. The minimum Gasteiger partial charge on any atom is -0.206 e. The molecule has 31 heavy (non-hydrogen) atoms. The van der Waals surface area contributed by atoms with Gasteiger partial charge in [-0.05, 0) is 74.0 Å².